The fraction of sp³-hybridized carbons (Fsp3) is 0.524. The second kappa shape index (κ2) is 7.47. The van der Waals surface area contributed by atoms with Gasteiger partial charge in [0.15, 0.2) is 11.6 Å². The molecule has 28 heavy (non-hydrogen) atoms. The summed E-state index contributed by atoms with van der Waals surface area (Å²) >= 11 is 0. The van der Waals surface area contributed by atoms with Crippen molar-refractivity contribution in [2.24, 2.45) is 5.92 Å². The van der Waals surface area contributed by atoms with E-state index in [0.29, 0.717) is 29.7 Å². The predicted octanol–water partition coefficient (Wildman–Crippen LogP) is 3.60. The van der Waals surface area contributed by atoms with Crippen molar-refractivity contribution in [1.82, 2.24) is 15.0 Å². The monoisotopic (exact) mass is 385 g/mol. The van der Waals surface area contributed by atoms with Crippen LogP contribution in [-0.4, -0.2) is 39.1 Å². The minimum absolute atomic E-state index is 0. The smallest absolute Gasteiger partial charge is 0.245 e. The lowest BCUT2D eigenvalue weighted by molar-refractivity contribution is -0.115. The number of hydrogen-bond acceptors (Lipinski definition) is 6. The maximum atomic E-state index is 12.1. The van der Waals surface area contributed by atoms with E-state index in [9.17, 15) is 9.90 Å². The van der Waals surface area contributed by atoms with Gasteiger partial charge in [-0.1, -0.05) is 19.3 Å². The first-order chi connectivity index (χ1) is 13.4. The van der Waals surface area contributed by atoms with Gasteiger partial charge in [0, 0.05) is 21.2 Å². The van der Waals surface area contributed by atoms with Crippen LogP contribution in [0.1, 0.15) is 54.5 Å². The molecule has 4 rings (SSSR count). The van der Waals surface area contributed by atoms with Gasteiger partial charge in [0.2, 0.25) is 5.91 Å². The van der Waals surface area contributed by atoms with Crippen LogP contribution in [0.5, 0.6) is 0 Å². The maximum absolute atomic E-state index is 12.1. The standard InChI is InChI=1S/C21H27N5O2.2H2/c1-21(2,28)17-9-8-15(10-22-17)16-11-23-19-20(24-16)26(13-18(27)25-19)12-14-6-4-3-5-7-14;;/h8-11,14,28H,3-7,12-13H2,1-2H3,(H,23,25,27);2*1H. The Labute approximate surface area is 168 Å². The Morgan fingerprint density at radius 3 is 2.68 bits per heavy atom. The zero-order chi connectivity index (χ0) is 19.7. The number of anilines is 2. The molecule has 1 fully saturated rings. The van der Waals surface area contributed by atoms with Gasteiger partial charge >= 0.3 is 0 Å². The third kappa shape index (κ3) is 3.99. The number of nitrogens with zero attached hydrogens (tertiary/aromatic N) is 4. The van der Waals surface area contributed by atoms with E-state index in [0.717, 1.165) is 17.9 Å². The Bertz CT molecular complexity index is 865. The van der Waals surface area contributed by atoms with E-state index in [4.69, 9.17) is 4.98 Å². The quantitative estimate of drug-likeness (QED) is 0.836. The first kappa shape index (κ1) is 18.8. The summed E-state index contributed by atoms with van der Waals surface area (Å²) in [5.74, 6) is 1.82. The van der Waals surface area contributed by atoms with Crippen LogP contribution < -0.4 is 10.2 Å². The van der Waals surface area contributed by atoms with Crippen LogP contribution in [0, 0.1) is 5.92 Å². The van der Waals surface area contributed by atoms with Crippen molar-refractivity contribution in [3.05, 3.63) is 30.2 Å². The number of fused-ring (bicyclic) bond motifs is 1. The average molecular weight is 386 g/mol. The number of carbonyl (C=O) groups excluding carboxylic acids is 1. The molecule has 1 aliphatic carbocycles. The van der Waals surface area contributed by atoms with Gasteiger partial charge in [-0.3, -0.25) is 9.78 Å². The Balaban J connectivity index is 0.00000160. The number of hydrogen-bond donors (Lipinski definition) is 2. The molecule has 0 saturated heterocycles. The first-order valence-electron chi connectivity index (χ1n) is 10.0. The van der Waals surface area contributed by atoms with E-state index in [1.807, 2.05) is 6.07 Å². The van der Waals surface area contributed by atoms with Crippen molar-refractivity contribution in [1.29, 1.82) is 0 Å². The summed E-state index contributed by atoms with van der Waals surface area (Å²) in [4.78, 5) is 27.8. The number of nitrogens with one attached hydrogen (secondary N) is 1. The number of carbonyl (C=O) groups is 1. The van der Waals surface area contributed by atoms with Gasteiger partial charge in [0.25, 0.3) is 0 Å². The Kier molecular flexibility index (Phi) is 5.02. The van der Waals surface area contributed by atoms with Gasteiger partial charge in [-0.05, 0) is 44.7 Å². The van der Waals surface area contributed by atoms with E-state index < -0.39 is 5.60 Å². The molecule has 1 amide bonds. The third-order valence-corrected chi connectivity index (χ3v) is 5.54. The lowest BCUT2D eigenvalue weighted by Crippen LogP contribution is -2.42. The van der Waals surface area contributed by atoms with Crippen molar-refractivity contribution in [3.8, 4) is 11.3 Å². The zero-order valence-electron chi connectivity index (χ0n) is 16.5. The SMILES string of the molecule is CC(C)(O)c1ccc(-c2cnc3c(n2)N(CC2CCCCC2)CC(=O)N3)cn1.[HH].[HH]. The molecule has 3 heterocycles. The van der Waals surface area contributed by atoms with Crippen molar-refractivity contribution >= 4 is 17.5 Å². The highest BCUT2D eigenvalue weighted by Gasteiger charge is 2.28. The maximum Gasteiger partial charge on any atom is 0.245 e. The van der Waals surface area contributed by atoms with Gasteiger partial charge in [0.1, 0.15) is 5.60 Å². The van der Waals surface area contributed by atoms with Crippen molar-refractivity contribution in [3.63, 3.8) is 0 Å². The minimum atomic E-state index is -0.985. The zero-order valence-corrected chi connectivity index (χ0v) is 16.5. The third-order valence-electron chi connectivity index (χ3n) is 5.54. The second-order valence-corrected chi connectivity index (χ2v) is 8.35. The fourth-order valence-electron chi connectivity index (χ4n) is 3.99. The summed E-state index contributed by atoms with van der Waals surface area (Å²) in [7, 11) is 0. The normalized spacial score (nSPS) is 18.0. The first-order valence-corrected chi connectivity index (χ1v) is 10.0. The molecule has 7 nitrogen and oxygen atoms in total. The Hall–Kier alpha value is -2.54. The van der Waals surface area contributed by atoms with Crippen LogP contribution in [0.4, 0.5) is 11.6 Å². The summed E-state index contributed by atoms with van der Waals surface area (Å²) in [5, 5.41) is 12.9. The van der Waals surface area contributed by atoms with Crippen molar-refractivity contribution < 1.29 is 12.8 Å². The summed E-state index contributed by atoms with van der Waals surface area (Å²) in [5.41, 5.74) is 1.16. The lowest BCUT2D eigenvalue weighted by Gasteiger charge is -2.33. The molecule has 1 saturated carbocycles. The highest BCUT2D eigenvalue weighted by Crippen LogP contribution is 2.32. The molecule has 0 aromatic carbocycles. The number of aromatic nitrogens is 3. The number of rotatable bonds is 4. The summed E-state index contributed by atoms with van der Waals surface area (Å²) in [6, 6.07) is 3.70. The Morgan fingerprint density at radius 1 is 1.21 bits per heavy atom. The van der Waals surface area contributed by atoms with Gasteiger partial charge in [-0.15, -0.1) is 0 Å². The minimum Gasteiger partial charge on any atom is -0.384 e. The predicted molar refractivity (Wildman–Crippen MR) is 112 cm³/mol. The molecule has 0 atom stereocenters. The molecule has 0 unspecified atom stereocenters. The average Bonchev–Trinajstić information content (AvgIpc) is 2.68. The van der Waals surface area contributed by atoms with Crippen LogP contribution in [0.25, 0.3) is 11.3 Å². The van der Waals surface area contributed by atoms with Crippen LogP contribution in [0.2, 0.25) is 0 Å². The van der Waals surface area contributed by atoms with E-state index in [-0.39, 0.29) is 8.76 Å². The highest BCUT2D eigenvalue weighted by molar-refractivity contribution is 5.99. The highest BCUT2D eigenvalue weighted by atomic mass is 16.3. The fourth-order valence-corrected chi connectivity index (χ4v) is 3.99. The second-order valence-electron chi connectivity index (χ2n) is 8.35. The number of pyridine rings is 1. The summed E-state index contributed by atoms with van der Waals surface area (Å²) < 4.78 is 0. The molecule has 0 spiro atoms. The number of aliphatic hydroxyl groups is 1. The van der Waals surface area contributed by atoms with Gasteiger partial charge < -0.3 is 15.3 Å². The largest absolute Gasteiger partial charge is 0.384 e. The molecule has 2 aromatic rings. The van der Waals surface area contributed by atoms with Gasteiger partial charge in [-0.2, -0.15) is 0 Å². The van der Waals surface area contributed by atoms with Crippen molar-refractivity contribution in [2.45, 2.75) is 51.6 Å². The topological polar surface area (TPSA) is 91.2 Å². The molecule has 1 aliphatic heterocycles. The summed E-state index contributed by atoms with van der Waals surface area (Å²) in [6.45, 7) is 4.57. The molecule has 0 bridgehead atoms. The van der Waals surface area contributed by atoms with E-state index in [1.165, 1.54) is 32.1 Å². The molecule has 2 aromatic heterocycles. The van der Waals surface area contributed by atoms with Gasteiger partial charge in [-0.25, -0.2) is 9.97 Å². The molecule has 7 heteroatoms. The molecule has 152 valence electrons. The van der Waals surface area contributed by atoms with Crippen LogP contribution in [0.15, 0.2) is 24.5 Å². The van der Waals surface area contributed by atoms with E-state index in [1.54, 1.807) is 32.3 Å². The number of amides is 1. The van der Waals surface area contributed by atoms with Crippen molar-refractivity contribution in [2.75, 3.05) is 23.3 Å². The van der Waals surface area contributed by atoms with Crippen LogP contribution in [-0.2, 0) is 10.4 Å². The van der Waals surface area contributed by atoms with E-state index in [2.05, 4.69) is 20.2 Å². The molecular weight excluding hydrogens is 354 g/mol. The molecule has 2 N–H and O–H groups in total. The van der Waals surface area contributed by atoms with Gasteiger partial charge in [0.05, 0.1) is 24.1 Å². The van der Waals surface area contributed by atoms with E-state index >= 15 is 0 Å². The Morgan fingerprint density at radius 2 is 2.00 bits per heavy atom. The molecular formula is C21H31N5O2. The summed E-state index contributed by atoms with van der Waals surface area (Å²) in [6.07, 6.45) is 9.63. The van der Waals surface area contributed by atoms with Crippen LogP contribution in [0.3, 0.4) is 0 Å². The lowest BCUT2D eigenvalue weighted by atomic mass is 9.89. The molecule has 2 aliphatic rings. The molecule has 0 radical (unpaired) electrons. The van der Waals surface area contributed by atoms with Crippen LogP contribution >= 0.6 is 0 Å².